The molecule has 0 radical (unpaired) electrons. The fraction of sp³-hybridized carbons (Fsp3) is 0.588. The molecule has 1 aliphatic carbocycles. The molecule has 0 amide bonds. The van der Waals surface area contributed by atoms with Crippen molar-refractivity contribution in [2.24, 2.45) is 11.3 Å². The van der Waals surface area contributed by atoms with Gasteiger partial charge < -0.3 is 9.47 Å². The van der Waals surface area contributed by atoms with Gasteiger partial charge in [0.2, 0.25) is 0 Å². The largest absolute Gasteiger partial charge is 0.462 e. The fourth-order valence-electron chi connectivity index (χ4n) is 3.80. The number of carbonyl (C=O) groups is 1. The summed E-state index contributed by atoms with van der Waals surface area (Å²) in [5.41, 5.74) is 0.653. The van der Waals surface area contributed by atoms with E-state index in [0.29, 0.717) is 18.1 Å². The Morgan fingerprint density at radius 1 is 1.30 bits per heavy atom. The van der Waals surface area contributed by atoms with E-state index in [0.717, 1.165) is 19.4 Å². The third-order valence-electron chi connectivity index (χ3n) is 5.12. The second kappa shape index (κ2) is 4.88. The van der Waals surface area contributed by atoms with Gasteiger partial charge in [-0.3, -0.25) is 0 Å². The van der Waals surface area contributed by atoms with Crippen LogP contribution in [0, 0.1) is 11.3 Å². The van der Waals surface area contributed by atoms with Gasteiger partial charge in [0.05, 0.1) is 24.4 Å². The number of rotatable bonds is 3. The zero-order valence-corrected chi connectivity index (χ0v) is 12.2. The van der Waals surface area contributed by atoms with Gasteiger partial charge in [0.1, 0.15) is 0 Å². The zero-order chi connectivity index (χ0) is 14.2. The molecular weight excluding hydrogens is 252 g/mol. The molecule has 0 spiro atoms. The standard InChI is InChI=1S/C17H22O3/c1-16-9-6-10-17(2,20-12-16)14(16)11-19-15(18)13-7-4-3-5-8-13/h3-5,7-8,14H,6,9-12H2,1-2H3/t14-,16-,17+/m1/s1. The molecule has 3 heteroatoms. The SMILES string of the molecule is C[C@@]12CCC[C@](C)(OC1)[C@@H]2COC(=O)c1ccccc1. The van der Waals surface area contributed by atoms with Crippen molar-refractivity contribution in [2.75, 3.05) is 13.2 Å². The minimum Gasteiger partial charge on any atom is -0.462 e. The Morgan fingerprint density at radius 2 is 2.05 bits per heavy atom. The highest BCUT2D eigenvalue weighted by molar-refractivity contribution is 5.89. The Hall–Kier alpha value is -1.35. The topological polar surface area (TPSA) is 35.5 Å². The Morgan fingerprint density at radius 3 is 2.75 bits per heavy atom. The van der Waals surface area contributed by atoms with Gasteiger partial charge in [0.25, 0.3) is 0 Å². The Bertz CT molecular complexity index is 480. The molecule has 1 aromatic carbocycles. The Balaban J connectivity index is 1.68. The molecule has 2 fully saturated rings. The summed E-state index contributed by atoms with van der Waals surface area (Å²) in [7, 11) is 0. The van der Waals surface area contributed by atoms with E-state index in [1.165, 1.54) is 6.42 Å². The summed E-state index contributed by atoms with van der Waals surface area (Å²) in [6.07, 6.45) is 3.43. The average molecular weight is 274 g/mol. The first-order valence-electron chi connectivity index (χ1n) is 7.40. The van der Waals surface area contributed by atoms with Crippen LogP contribution in [0.3, 0.4) is 0 Å². The van der Waals surface area contributed by atoms with Crippen molar-refractivity contribution in [1.29, 1.82) is 0 Å². The summed E-state index contributed by atoms with van der Waals surface area (Å²) in [4.78, 5) is 12.1. The summed E-state index contributed by atoms with van der Waals surface area (Å²) >= 11 is 0. The molecule has 2 aliphatic rings. The number of ether oxygens (including phenoxy) is 2. The maximum absolute atomic E-state index is 12.1. The van der Waals surface area contributed by atoms with Crippen molar-refractivity contribution in [3.8, 4) is 0 Å². The lowest BCUT2D eigenvalue weighted by Gasteiger charge is -2.41. The van der Waals surface area contributed by atoms with Crippen molar-refractivity contribution < 1.29 is 14.3 Å². The van der Waals surface area contributed by atoms with Crippen LogP contribution in [0.25, 0.3) is 0 Å². The molecule has 0 N–H and O–H groups in total. The first kappa shape index (κ1) is 13.6. The predicted octanol–water partition coefficient (Wildman–Crippen LogP) is 3.44. The molecule has 3 atom stereocenters. The maximum Gasteiger partial charge on any atom is 0.338 e. The van der Waals surface area contributed by atoms with Crippen molar-refractivity contribution in [1.82, 2.24) is 0 Å². The molecule has 108 valence electrons. The second-order valence-corrected chi connectivity index (χ2v) is 6.63. The molecule has 1 saturated carbocycles. The highest BCUT2D eigenvalue weighted by Crippen LogP contribution is 2.54. The Kier molecular flexibility index (Phi) is 3.33. The molecule has 1 aromatic rings. The van der Waals surface area contributed by atoms with E-state index in [2.05, 4.69) is 13.8 Å². The van der Waals surface area contributed by atoms with E-state index in [-0.39, 0.29) is 17.0 Å². The van der Waals surface area contributed by atoms with Crippen molar-refractivity contribution in [2.45, 2.75) is 38.7 Å². The first-order valence-corrected chi connectivity index (χ1v) is 7.40. The fourth-order valence-corrected chi connectivity index (χ4v) is 3.80. The van der Waals surface area contributed by atoms with Crippen LogP contribution in [-0.2, 0) is 9.47 Å². The molecule has 2 bridgehead atoms. The zero-order valence-electron chi connectivity index (χ0n) is 12.2. The van der Waals surface area contributed by atoms with Crippen molar-refractivity contribution in [3.63, 3.8) is 0 Å². The number of esters is 1. The van der Waals surface area contributed by atoms with Crippen LogP contribution in [0.5, 0.6) is 0 Å². The van der Waals surface area contributed by atoms with Gasteiger partial charge in [0, 0.05) is 5.92 Å². The summed E-state index contributed by atoms with van der Waals surface area (Å²) in [5, 5.41) is 0. The van der Waals surface area contributed by atoms with Crippen LogP contribution in [0.2, 0.25) is 0 Å². The lowest BCUT2D eigenvalue weighted by atomic mass is 9.64. The van der Waals surface area contributed by atoms with Crippen molar-refractivity contribution >= 4 is 5.97 Å². The number of hydrogen-bond acceptors (Lipinski definition) is 3. The number of hydrogen-bond donors (Lipinski definition) is 0. The monoisotopic (exact) mass is 274 g/mol. The lowest BCUT2D eigenvalue weighted by molar-refractivity contribution is -0.0429. The molecule has 1 heterocycles. The molecule has 3 rings (SSSR count). The maximum atomic E-state index is 12.1. The Labute approximate surface area is 120 Å². The summed E-state index contributed by atoms with van der Waals surface area (Å²) in [6, 6.07) is 9.18. The van der Waals surface area contributed by atoms with Gasteiger partial charge in [0.15, 0.2) is 0 Å². The molecule has 20 heavy (non-hydrogen) atoms. The highest BCUT2D eigenvalue weighted by Gasteiger charge is 2.56. The summed E-state index contributed by atoms with van der Waals surface area (Å²) in [5.74, 6) is 0.0687. The van der Waals surface area contributed by atoms with Crippen LogP contribution in [0.4, 0.5) is 0 Å². The van der Waals surface area contributed by atoms with E-state index in [9.17, 15) is 4.79 Å². The second-order valence-electron chi connectivity index (χ2n) is 6.63. The van der Waals surface area contributed by atoms with Crippen LogP contribution < -0.4 is 0 Å². The van der Waals surface area contributed by atoms with Gasteiger partial charge in [-0.2, -0.15) is 0 Å². The van der Waals surface area contributed by atoms with E-state index in [1.807, 2.05) is 18.2 Å². The molecule has 0 unspecified atom stereocenters. The lowest BCUT2D eigenvalue weighted by Crippen LogP contribution is -2.44. The first-order chi connectivity index (χ1) is 9.54. The molecule has 1 saturated heterocycles. The quantitative estimate of drug-likeness (QED) is 0.792. The van der Waals surface area contributed by atoms with Gasteiger partial charge in [-0.25, -0.2) is 4.79 Å². The number of benzene rings is 1. The minimum absolute atomic E-state index is 0.121. The van der Waals surface area contributed by atoms with Gasteiger partial charge in [-0.15, -0.1) is 0 Å². The normalized spacial score (nSPS) is 35.8. The number of fused-ring (bicyclic) bond motifs is 2. The summed E-state index contributed by atoms with van der Waals surface area (Å²) in [6.45, 7) is 5.68. The van der Waals surface area contributed by atoms with Crippen LogP contribution in [0.15, 0.2) is 30.3 Å². The molecular formula is C17H22O3. The summed E-state index contributed by atoms with van der Waals surface area (Å²) < 4.78 is 11.6. The van der Waals surface area contributed by atoms with Gasteiger partial charge in [-0.1, -0.05) is 25.1 Å². The van der Waals surface area contributed by atoms with E-state index in [4.69, 9.17) is 9.47 Å². The van der Waals surface area contributed by atoms with Crippen LogP contribution in [0.1, 0.15) is 43.5 Å². The molecule has 0 aromatic heterocycles. The highest BCUT2D eigenvalue weighted by atomic mass is 16.5. The molecule has 3 nitrogen and oxygen atoms in total. The minimum atomic E-state index is -0.234. The van der Waals surface area contributed by atoms with Crippen molar-refractivity contribution in [3.05, 3.63) is 35.9 Å². The average Bonchev–Trinajstić information content (AvgIpc) is 2.59. The third kappa shape index (κ3) is 2.24. The number of carbonyl (C=O) groups excluding carboxylic acids is 1. The van der Waals surface area contributed by atoms with Crippen LogP contribution >= 0.6 is 0 Å². The predicted molar refractivity (Wildman–Crippen MR) is 76.5 cm³/mol. The molecule has 1 aliphatic heterocycles. The third-order valence-corrected chi connectivity index (χ3v) is 5.12. The van der Waals surface area contributed by atoms with E-state index < -0.39 is 0 Å². The van der Waals surface area contributed by atoms with Crippen LogP contribution in [-0.4, -0.2) is 24.8 Å². The van der Waals surface area contributed by atoms with Gasteiger partial charge >= 0.3 is 5.97 Å². The van der Waals surface area contributed by atoms with E-state index in [1.54, 1.807) is 12.1 Å². The van der Waals surface area contributed by atoms with E-state index >= 15 is 0 Å². The van der Waals surface area contributed by atoms with Gasteiger partial charge in [-0.05, 0) is 43.7 Å². The smallest absolute Gasteiger partial charge is 0.338 e.